The molecule has 0 heterocycles. The van der Waals surface area contributed by atoms with Crippen LogP contribution in [0.25, 0.3) is 0 Å². The van der Waals surface area contributed by atoms with E-state index in [2.05, 4.69) is 0 Å². The van der Waals surface area contributed by atoms with E-state index in [0.717, 1.165) is 29.2 Å². The fourth-order valence-corrected chi connectivity index (χ4v) is 4.37. The Morgan fingerprint density at radius 3 is 2.47 bits per heavy atom. The highest BCUT2D eigenvalue weighted by Gasteiger charge is 2.53. The lowest BCUT2D eigenvalue weighted by molar-refractivity contribution is -0.0110. The zero-order chi connectivity index (χ0) is 13.5. The number of hydrogen-bond acceptors (Lipinski definition) is 2. The van der Waals surface area contributed by atoms with E-state index in [1.54, 1.807) is 7.11 Å². The number of hydrogen-bond donors (Lipinski definition) is 1. The summed E-state index contributed by atoms with van der Waals surface area (Å²) in [6.45, 7) is 0. The van der Waals surface area contributed by atoms with Gasteiger partial charge in [0.05, 0.1) is 7.11 Å². The quantitative estimate of drug-likeness (QED) is 0.878. The molecule has 0 unspecified atom stereocenters. The molecule has 0 amide bonds. The van der Waals surface area contributed by atoms with Crippen LogP contribution < -0.4 is 10.5 Å². The van der Waals surface area contributed by atoms with Crippen LogP contribution in [0, 0.1) is 5.41 Å². The van der Waals surface area contributed by atoms with Crippen molar-refractivity contribution in [3.8, 4) is 5.75 Å². The highest BCUT2D eigenvalue weighted by Crippen LogP contribution is 2.60. The molecule has 1 aromatic rings. The highest BCUT2D eigenvalue weighted by atomic mass is 35.5. The summed E-state index contributed by atoms with van der Waals surface area (Å²) in [5, 5.41) is 0.741. The van der Waals surface area contributed by atoms with Crippen LogP contribution in [0.1, 0.15) is 50.5 Å². The van der Waals surface area contributed by atoms with E-state index in [9.17, 15) is 0 Å². The first-order valence-electron chi connectivity index (χ1n) is 7.20. The average molecular weight is 280 g/mol. The van der Waals surface area contributed by atoms with Gasteiger partial charge in [-0.2, -0.15) is 0 Å². The Hall–Kier alpha value is -0.730. The monoisotopic (exact) mass is 279 g/mol. The zero-order valence-corrected chi connectivity index (χ0v) is 12.3. The van der Waals surface area contributed by atoms with Crippen LogP contribution in [0.4, 0.5) is 0 Å². The minimum Gasteiger partial charge on any atom is -0.496 e. The Morgan fingerprint density at radius 1 is 1.16 bits per heavy atom. The summed E-state index contributed by atoms with van der Waals surface area (Å²) < 4.78 is 5.46. The van der Waals surface area contributed by atoms with E-state index in [4.69, 9.17) is 22.1 Å². The van der Waals surface area contributed by atoms with Crippen LogP contribution in [-0.4, -0.2) is 7.11 Å². The largest absolute Gasteiger partial charge is 0.496 e. The fourth-order valence-electron chi connectivity index (χ4n) is 4.20. The van der Waals surface area contributed by atoms with Gasteiger partial charge in [-0.25, -0.2) is 0 Å². The van der Waals surface area contributed by atoms with Crippen LogP contribution >= 0.6 is 11.6 Å². The molecule has 2 aliphatic carbocycles. The van der Waals surface area contributed by atoms with E-state index >= 15 is 0 Å². The van der Waals surface area contributed by atoms with Gasteiger partial charge in [0.15, 0.2) is 0 Å². The van der Waals surface area contributed by atoms with Crippen LogP contribution in [0.15, 0.2) is 18.2 Å². The molecule has 0 radical (unpaired) electrons. The summed E-state index contributed by atoms with van der Waals surface area (Å²) in [5.41, 5.74) is 7.98. The summed E-state index contributed by atoms with van der Waals surface area (Å²) in [5.74, 6) is 0.873. The molecule has 2 fully saturated rings. The van der Waals surface area contributed by atoms with Gasteiger partial charge in [-0.3, -0.25) is 0 Å². The van der Waals surface area contributed by atoms with E-state index in [-0.39, 0.29) is 5.54 Å². The molecule has 0 saturated heterocycles. The number of rotatable bonds is 2. The SMILES string of the molecule is COc1ccc(Cl)cc1C1(N)CC2(CCCCC2)C1. The predicted octanol–water partition coefficient (Wildman–Crippen LogP) is 4.25. The minimum absolute atomic E-state index is 0.242. The van der Waals surface area contributed by atoms with Gasteiger partial charge in [0, 0.05) is 16.1 Å². The summed E-state index contributed by atoms with van der Waals surface area (Å²) in [6.07, 6.45) is 8.96. The number of ether oxygens (including phenoxy) is 1. The fraction of sp³-hybridized carbons (Fsp3) is 0.625. The predicted molar refractivity (Wildman–Crippen MR) is 78.6 cm³/mol. The first-order valence-corrected chi connectivity index (χ1v) is 7.58. The number of benzene rings is 1. The molecule has 3 heteroatoms. The molecule has 1 spiro atoms. The topological polar surface area (TPSA) is 35.2 Å². The molecule has 0 atom stereocenters. The smallest absolute Gasteiger partial charge is 0.124 e. The van der Waals surface area contributed by atoms with Crippen molar-refractivity contribution in [3.05, 3.63) is 28.8 Å². The van der Waals surface area contributed by atoms with Crippen molar-refractivity contribution in [2.24, 2.45) is 11.1 Å². The molecule has 2 N–H and O–H groups in total. The second-order valence-electron chi connectivity index (χ2n) is 6.41. The molecule has 19 heavy (non-hydrogen) atoms. The zero-order valence-electron chi connectivity index (χ0n) is 11.5. The molecule has 104 valence electrons. The summed E-state index contributed by atoms with van der Waals surface area (Å²) in [4.78, 5) is 0. The van der Waals surface area contributed by atoms with Gasteiger partial charge < -0.3 is 10.5 Å². The normalized spacial score (nSPS) is 23.9. The second kappa shape index (κ2) is 4.68. The molecular weight excluding hydrogens is 258 g/mol. The minimum atomic E-state index is -0.242. The lowest BCUT2D eigenvalue weighted by Crippen LogP contribution is -2.56. The van der Waals surface area contributed by atoms with Crippen molar-refractivity contribution in [2.75, 3.05) is 7.11 Å². The van der Waals surface area contributed by atoms with Crippen LogP contribution in [0.3, 0.4) is 0 Å². The van der Waals surface area contributed by atoms with E-state index < -0.39 is 0 Å². The molecule has 3 rings (SSSR count). The lowest BCUT2D eigenvalue weighted by Gasteiger charge is -2.57. The van der Waals surface area contributed by atoms with Gasteiger partial charge in [0.25, 0.3) is 0 Å². The number of halogens is 1. The Labute approximate surface area is 120 Å². The third kappa shape index (κ3) is 2.25. The molecule has 2 aliphatic rings. The standard InChI is InChI=1S/C16H22ClNO/c1-19-14-6-5-12(17)9-13(14)16(18)10-15(11-16)7-3-2-4-8-15/h5-6,9H,2-4,7-8,10-11,18H2,1H3. The van der Waals surface area contributed by atoms with Crippen LogP contribution in [0.2, 0.25) is 5.02 Å². The van der Waals surface area contributed by atoms with Crippen LogP contribution in [-0.2, 0) is 5.54 Å². The third-order valence-electron chi connectivity index (χ3n) is 4.99. The maximum absolute atomic E-state index is 6.64. The second-order valence-corrected chi connectivity index (χ2v) is 6.85. The average Bonchev–Trinajstić information content (AvgIpc) is 2.38. The first kappa shape index (κ1) is 13.3. The summed E-state index contributed by atoms with van der Waals surface area (Å²) in [6, 6.07) is 5.77. The van der Waals surface area contributed by atoms with Gasteiger partial charge in [-0.05, 0) is 49.3 Å². The Morgan fingerprint density at radius 2 is 1.84 bits per heavy atom. The van der Waals surface area contributed by atoms with Crippen molar-refractivity contribution in [2.45, 2.75) is 50.5 Å². The van der Waals surface area contributed by atoms with Gasteiger partial charge in [0.1, 0.15) is 5.75 Å². The van der Waals surface area contributed by atoms with Crippen molar-refractivity contribution in [1.82, 2.24) is 0 Å². The maximum Gasteiger partial charge on any atom is 0.124 e. The van der Waals surface area contributed by atoms with Gasteiger partial charge >= 0.3 is 0 Å². The molecule has 0 aliphatic heterocycles. The van der Waals surface area contributed by atoms with Gasteiger partial charge in [0.2, 0.25) is 0 Å². The molecule has 2 nitrogen and oxygen atoms in total. The molecule has 0 bridgehead atoms. The highest BCUT2D eigenvalue weighted by molar-refractivity contribution is 6.30. The summed E-state index contributed by atoms with van der Waals surface area (Å²) in [7, 11) is 1.70. The molecule has 0 aromatic heterocycles. The summed E-state index contributed by atoms with van der Waals surface area (Å²) >= 11 is 6.13. The van der Waals surface area contributed by atoms with E-state index in [0.29, 0.717) is 5.41 Å². The third-order valence-corrected chi connectivity index (χ3v) is 5.23. The van der Waals surface area contributed by atoms with E-state index in [1.807, 2.05) is 18.2 Å². The van der Waals surface area contributed by atoms with E-state index in [1.165, 1.54) is 32.1 Å². The Bertz CT molecular complexity index is 472. The molecule has 1 aromatic carbocycles. The molecular formula is C16H22ClNO. The Balaban J connectivity index is 1.85. The Kier molecular flexibility index (Phi) is 3.26. The maximum atomic E-state index is 6.64. The van der Waals surface area contributed by atoms with Crippen LogP contribution in [0.5, 0.6) is 5.75 Å². The van der Waals surface area contributed by atoms with Crippen molar-refractivity contribution in [1.29, 1.82) is 0 Å². The van der Waals surface area contributed by atoms with Crippen molar-refractivity contribution in [3.63, 3.8) is 0 Å². The van der Waals surface area contributed by atoms with Gasteiger partial charge in [-0.1, -0.05) is 30.9 Å². The molecule has 2 saturated carbocycles. The first-order chi connectivity index (χ1) is 9.07. The van der Waals surface area contributed by atoms with Gasteiger partial charge in [-0.15, -0.1) is 0 Å². The number of nitrogens with two attached hydrogens (primary N) is 1. The van der Waals surface area contributed by atoms with Crippen molar-refractivity contribution >= 4 is 11.6 Å². The number of methoxy groups -OCH3 is 1. The lowest BCUT2D eigenvalue weighted by atomic mass is 9.51. The van der Waals surface area contributed by atoms with Crippen molar-refractivity contribution < 1.29 is 4.74 Å².